The molecule has 0 saturated heterocycles. The molecule has 108 valence electrons. The number of para-hydroxylation sites is 1. The summed E-state index contributed by atoms with van der Waals surface area (Å²) in [6.07, 6.45) is 2.64. The maximum absolute atomic E-state index is 6.08. The predicted molar refractivity (Wildman–Crippen MR) is 76.3 cm³/mol. The normalized spacial score (nSPS) is 12.3. The Bertz CT molecular complexity index is 539. The summed E-state index contributed by atoms with van der Waals surface area (Å²) < 4.78 is 10.9. The quantitative estimate of drug-likeness (QED) is 0.840. The molecule has 1 aromatic heterocycles. The van der Waals surface area contributed by atoms with Crippen molar-refractivity contribution in [3.63, 3.8) is 0 Å². The molecule has 5 heteroatoms. The minimum absolute atomic E-state index is 0.0212. The van der Waals surface area contributed by atoms with Crippen LogP contribution in [0.4, 0.5) is 0 Å². The Morgan fingerprint density at radius 3 is 2.85 bits per heavy atom. The van der Waals surface area contributed by atoms with E-state index < -0.39 is 0 Å². The van der Waals surface area contributed by atoms with Crippen molar-refractivity contribution in [1.82, 2.24) is 10.1 Å². The number of aryl methyl sites for hydroxylation is 1. The van der Waals surface area contributed by atoms with Crippen LogP contribution in [0.25, 0.3) is 0 Å². The first-order valence-corrected chi connectivity index (χ1v) is 7.03. The van der Waals surface area contributed by atoms with Gasteiger partial charge in [-0.15, -0.1) is 0 Å². The molecule has 0 aliphatic rings. The monoisotopic (exact) mass is 275 g/mol. The Kier molecular flexibility index (Phi) is 5.12. The van der Waals surface area contributed by atoms with Crippen LogP contribution in [-0.2, 0) is 13.0 Å². The fraction of sp³-hybridized carbons (Fsp3) is 0.467. The summed E-state index contributed by atoms with van der Waals surface area (Å²) in [7, 11) is 0. The van der Waals surface area contributed by atoms with E-state index in [4.69, 9.17) is 15.0 Å². The van der Waals surface area contributed by atoms with Gasteiger partial charge in [0.1, 0.15) is 5.75 Å². The average Bonchev–Trinajstić information content (AvgIpc) is 2.93. The summed E-state index contributed by atoms with van der Waals surface area (Å²) >= 11 is 0. The lowest BCUT2D eigenvalue weighted by Crippen LogP contribution is -2.11. The second kappa shape index (κ2) is 7.05. The SMILES string of the molecule is CCCc1nc(COc2ccccc2C(N)CC)no1. The predicted octanol–water partition coefficient (Wildman–Crippen LogP) is 3.01. The smallest absolute Gasteiger partial charge is 0.226 e. The highest BCUT2D eigenvalue weighted by molar-refractivity contribution is 5.35. The van der Waals surface area contributed by atoms with Gasteiger partial charge in [0, 0.05) is 18.0 Å². The first kappa shape index (κ1) is 14.5. The number of nitrogens with two attached hydrogens (primary N) is 1. The Hall–Kier alpha value is -1.88. The molecule has 1 atom stereocenters. The lowest BCUT2D eigenvalue weighted by atomic mass is 10.0. The molecule has 2 N–H and O–H groups in total. The van der Waals surface area contributed by atoms with Crippen LogP contribution in [0.3, 0.4) is 0 Å². The standard InChI is InChI=1S/C15H21N3O2/c1-3-7-15-17-14(18-20-15)10-19-13-9-6-5-8-11(13)12(16)4-2/h5-6,8-9,12H,3-4,7,10,16H2,1-2H3. The molecule has 2 aromatic rings. The molecule has 2 rings (SSSR count). The van der Waals surface area contributed by atoms with Crippen molar-refractivity contribution in [1.29, 1.82) is 0 Å². The molecular weight excluding hydrogens is 254 g/mol. The number of nitrogens with zero attached hydrogens (tertiary/aromatic N) is 2. The molecule has 0 spiro atoms. The van der Waals surface area contributed by atoms with Gasteiger partial charge in [-0.05, 0) is 18.9 Å². The Balaban J connectivity index is 2.02. The summed E-state index contributed by atoms with van der Waals surface area (Å²) in [6, 6.07) is 7.78. The minimum atomic E-state index is -0.0212. The van der Waals surface area contributed by atoms with Crippen molar-refractivity contribution < 1.29 is 9.26 Å². The second-order valence-electron chi connectivity index (χ2n) is 4.70. The molecule has 1 aromatic carbocycles. The Morgan fingerprint density at radius 1 is 1.30 bits per heavy atom. The zero-order valence-corrected chi connectivity index (χ0v) is 12.0. The zero-order chi connectivity index (χ0) is 14.4. The van der Waals surface area contributed by atoms with E-state index in [1.54, 1.807) is 0 Å². The molecule has 0 saturated carbocycles. The van der Waals surface area contributed by atoms with Crippen molar-refractivity contribution in [2.45, 2.75) is 45.8 Å². The first-order valence-electron chi connectivity index (χ1n) is 7.03. The van der Waals surface area contributed by atoms with E-state index in [-0.39, 0.29) is 6.04 Å². The van der Waals surface area contributed by atoms with Crippen LogP contribution in [-0.4, -0.2) is 10.1 Å². The summed E-state index contributed by atoms with van der Waals surface area (Å²) in [4.78, 5) is 4.28. The van der Waals surface area contributed by atoms with Gasteiger partial charge in [0.05, 0.1) is 0 Å². The summed E-state index contributed by atoms with van der Waals surface area (Å²) in [5.74, 6) is 2.00. The topological polar surface area (TPSA) is 74.2 Å². The van der Waals surface area contributed by atoms with Crippen molar-refractivity contribution in [3.05, 3.63) is 41.5 Å². The van der Waals surface area contributed by atoms with Crippen molar-refractivity contribution in [2.75, 3.05) is 0 Å². The number of benzene rings is 1. The molecule has 0 fully saturated rings. The molecule has 0 amide bonds. The molecule has 1 heterocycles. The van der Waals surface area contributed by atoms with Crippen LogP contribution in [0.2, 0.25) is 0 Å². The Morgan fingerprint density at radius 2 is 2.10 bits per heavy atom. The molecule has 0 aliphatic heterocycles. The Labute approximate surface area is 119 Å². The van der Waals surface area contributed by atoms with Crippen molar-refractivity contribution in [3.8, 4) is 5.75 Å². The molecule has 20 heavy (non-hydrogen) atoms. The number of ether oxygens (including phenoxy) is 1. The van der Waals surface area contributed by atoms with Gasteiger partial charge in [-0.1, -0.05) is 37.2 Å². The summed E-state index contributed by atoms with van der Waals surface area (Å²) in [5.41, 5.74) is 7.08. The van der Waals surface area contributed by atoms with Gasteiger partial charge in [-0.25, -0.2) is 0 Å². The number of hydrogen-bond donors (Lipinski definition) is 1. The summed E-state index contributed by atoms with van der Waals surface area (Å²) in [5, 5.41) is 3.90. The third kappa shape index (κ3) is 3.57. The van der Waals surface area contributed by atoms with E-state index in [9.17, 15) is 0 Å². The van der Waals surface area contributed by atoms with Gasteiger partial charge >= 0.3 is 0 Å². The average molecular weight is 275 g/mol. The van der Waals surface area contributed by atoms with E-state index >= 15 is 0 Å². The third-order valence-electron chi connectivity index (χ3n) is 3.09. The molecular formula is C15H21N3O2. The van der Waals surface area contributed by atoms with E-state index in [0.29, 0.717) is 18.3 Å². The van der Waals surface area contributed by atoms with Gasteiger partial charge in [0.25, 0.3) is 0 Å². The van der Waals surface area contributed by atoms with Crippen LogP contribution in [0.1, 0.15) is 50.0 Å². The van der Waals surface area contributed by atoms with E-state index in [2.05, 4.69) is 24.0 Å². The maximum atomic E-state index is 6.08. The van der Waals surface area contributed by atoms with E-state index in [1.165, 1.54) is 0 Å². The van der Waals surface area contributed by atoms with Crippen molar-refractivity contribution >= 4 is 0 Å². The molecule has 0 aliphatic carbocycles. The second-order valence-corrected chi connectivity index (χ2v) is 4.70. The van der Waals surface area contributed by atoms with E-state index in [0.717, 1.165) is 30.6 Å². The fourth-order valence-corrected chi connectivity index (χ4v) is 1.94. The number of rotatable bonds is 7. The van der Waals surface area contributed by atoms with Crippen molar-refractivity contribution in [2.24, 2.45) is 5.73 Å². The van der Waals surface area contributed by atoms with Crippen LogP contribution in [0.15, 0.2) is 28.8 Å². The molecule has 5 nitrogen and oxygen atoms in total. The van der Waals surface area contributed by atoms with Gasteiger partial charge in [0.2, 0.25) is 11.7 Å². The highest BCUT2D eigenvalue weighted by Gasteiger charge is 2.11. The fourth-order valence-electron chi connectivity index (χ4n) is 1.94. The third-order valence-corrected chi connectivity index (χ3v) is 3.09. The minimum Gasteiger partial charge on any atom is -0.485 e. The van der Waals surface area contributed by atoms with Gasteiger partial charge in [-0.3, -0.25) is 0 Å². The van der Waals surface area contributed by atoms with Crippen LogP contribution < -0.4 is 10.5 Å². The zero-order valence-electron chi connectivity index (χ0n) is 12.0. The van der Waals surface area contributed by atoms with Crippen LogP contribution in [0.5, 0.6) is 5.75 Å². The largest absolute Gasteiger partial charge is 0.485 e. The van der Waals surface area contributed by atoms with E-state index in [1.807, 2.05) is 24.3 Å². The van der Waals surface area contributed by atoms with Crippen LogP contribution in [0, 0.1) is 0 Å². The lowest BCUT2D eigenvalue weighted by molar-refractivity contribution is 0.281. The molecule has 0 bridgehead atoms. The van der Waals surface area contributed by atoms with Gasteiger partial charge in [0.15, 0.2) is 6.61 Å². The van der Waals surface area contributed by atoms with Gasteiger partial charge in [-0.2, -0.15) is 4.98 Å². The molecule has 1 unspecified atom stereocenters. The molecule has 0 radical (unpaired) electrons. The summed E-state index contributed by atoms with van der Waals surface area (Å²) in [6.45, 7) is 4.42. The lowest BCUT2D eigenvalue weighted by Gasteiger charge is -2.14. The van der Waals surface area contributed by atoms with Gasteiger partial charge < -0.3 is 15.0 Å². The number of hydrogen-bond acceptors (Lipinski definition) is 5. The number of aromatic nitrogens is 2. The maximum Gasteiger partial charge on any atom is 0.226 e. The highest BCUT2D eigenvalue weighted by Crippen LogP contribution is 2.25. The first-order chi connectivity index (χ1) is 9.74. The van der Waals surface area contributed by atoms with Crippen LogP contribution >= 0.6 is 0 Å². The highest BCUT2D eigenvalue weighted by atomic mass is 16.5.